The number of halogens is 1. The van der Waals surface area contributed by atoms with Crippen LogP contribution in [0.2, 0.25) is 0 Å². The number of nitrogens with zero attached hydrogens (tertiary/aromatic N) is 1. The number of non-ortho nitro benzene ring substituents is 1. The Bertz CT molecular complexity index is 436. The number of carbonyl (C=O) groups is 1. The highest BCUT2D eigenvalue weighted by Gasteiger charge is 2.14. The average Bonchev–Trinajstić information content (AvgIpc) is 2.16. The number of nitrogens with two attached hydrogens (primary N) is 1. The highest BCUT2D eigenvalue weighted by atomic mass is 79.9. The second kappa shape index (κ2) is 4.93. The highest BCUT2D eigenvalue weighted by molar-refractivity contribution is 9.10. The highest BCUT2D eigenvalue weighted by Crippen LogP contribution is 2.26. The number of rotatable bonds is 4. The van der Waals surface area contributed by atoms with Gasteiger partial charge < -0.3 is 10.5 Å². The Balaban J connectivity index is 2.97. The van der Waals surface area contributed by atoms with Crippen LogP contribution < -0.4 is 10.5 Å². The zero-order valence-electron chi connectivity index (χ0n) is 8.34. The summed E-state index contributed by atoms with van der Waals surface area (Å²) in [5, 5.41) is 10.6. The van der Waals surface area contributed by atoms with E-state index in [0.717, 1.165) is 0 Å². The Labute approximate surface area is 99.7 Å². The van der Waals surface area contributed by atoms with Gasteiger partial charge in [-0.2, -0.15) is 0 Å². The molecule has 1 aromatic carbocycles. The van der Waals surface area contributed by atoms with Gasteiger partial charge in [0.05, 0.1) is 11.0 Å². The van der Waals surface area contributed by atoms with Crippen LogP contribution in [0.5, 0.6) is 5.75 Å². The van der Waals surface area contributed by atoms with E-state index in [4.69, 9.17) is 10.5 Å². The summed E-state index contributed by atoms with van der Waals surface area (Å²) in [4.78, 5) is 20.8. The molecule has 0 saturated carbocycles. The first-order valence-electron chi connectivity index (χ1n) is 4.31. The summed E-state index contributed by atoms with van der Waals surface area (Å²) in [5.74, 6) is -0.421. The van der Waals surface area contributed by atoms with Gasteiger partial charge in [-0.3, -0.25) is 14.9 Å². The minimum atomic E-state index is -0.839. The van der Waals surface area contributed by atoms with E-state index < -0.39 is 16.9 Å². The summed E-state index contributed by atoms with van der Waals surface area (Å²) in [6.07, 6.45) is -0.839. The van der Waals surface area contributed by atoms with E-state index in [1.807, 2.05) is 0 Å². The van der Waals surface area contributed by atoms with E-state index in [1.165, 1.54) is 25.1 Å². The Hall–Kier alpha value is -1.63. The van der Waals surface area contributed by atoms with Crippen molar-refractivity contribution in [3.63, 3.8) is 0 Å². The largest absolute Gasteiger partial charge is 0.481 e. The van der Waals surface area contributed by atoms with Crippen LogP contribution in [0.15, 0.2) is 22.7 Å². The summed E-state index contributed by atoms with van der Waals surface area (Å²) in [6.45, 7) is 1.47. The number of hydrogen-bond donors (Lipinski definition) is 1. The van der Waals surface area contributed by atoms with Gasteiger partial charge in [-0.15, -0.1) is 0 Å². The maximum atomic E-state index is 10.8. The van der Waals surface area contributed by atoms with Gasteiger partial charge in [0, 0.05) is 10.5 Å². The third-order valence-corrected chi connectivity index (χ3v) is 2.24. The summed E-state index contributed by atoms with van der Waals surface area (Å²) >= 11 is 3.11. The molecule has 16 heavy (non-hydrogen) atoms. The van der Waals surface area contributed by atoms with Crippen molar-refractivity contribution in [2.24, 2.45) is 5.73 Å². The maximum absolute atomic E-state index is 10.8. The van der Waals surface area contributed by atoms with Crippen LogP contribution in [0.1, 0.15) is 6.92 Å². The van der Waals surface area contributed by atoms with Crippen molar-refractivity contribution < 1.29 is 14.5 Å². The molecule has 1 amide bonds. The number of carbonyl (C=O) groups excluding carboxylic acids is 1. The van der Waals surface area contributed by atoms with E-state index >= 15 is 0 Å². The van der Waals surface area contributed by atoms with E-state index in [-0.39, 0.29) is 11.4 Å². The van der Waals surface area contributed by atoms with Crippen molar-refractivity contribution in [2.45, 2.75) is 13.0 Å². The molecule has 1 atom stereocenters. The number of nitro benzene ring substituents is 1. The molecular formula is C9H9BrN2O4. The fraction of sp³-hybridized carbons (Fsp3) is 0.222. The van der Waals surface area contributed by atoms with Crippen LogP contribution in [0.25, 0.3) is 0 Å². The molecule has 1 unspecified atom stereocenters. The molecule has 0 radical (unpaired) electrons. The van der Waals surface area contributed by atoms with E-state index in [9.17, 15) is 14.9 Å². The summed E-state index contributed by atoms with van der Waals surface area (Å²) < 4.78 is 5.63. The van der Waals surface area contributed by atoms with Gasteiger partial charge >= 0.3 is 0 Å². The van der Waals surface area contributed by atoms with Crippen LogP contribution in [-0.4, -0.2) is 16.9 Å². The number of nitro groups is 1. The zero-order valence-corrected chi connectivity index (χ0v) is 9.93. The van der Waals surface area contributed by atoms with Crippen molar-refractivity contribution in [1.29, 1.82) is 0 Å². The first kappa shape index (κ1) is 12.4. The monoisotopic (exact) mass is 288 g/mol. The van der Waals surface area contributed by atoms with Crippen LogP contribution in [-0.2, 0) is 4.79 Å². The quantitative estimate of drug-likeness (QED) is 0.672. The Morgan fingerprint density at radius 3 is 2.69 bits per heavy atom. The van der Waals surface area contributed by atoms with Crippen LogP contribution in [0, 0.1) is 10.1 Å². The number of ether oxygens (including phenoxy) is 1. The third-order valence-electron chi connectivity index (χ3n) is 1.78. The van der Waals surface area contributed by atoms with Crippen LogP contribution in [0.4, 0.5) is 5.69 Å². The lowest BCUT2D eigenvalue weighted by Gasteiger charge is -2.11. The molecule has 1 rings (SSSR count). The Morgan fingerprint density at radius 2 is 2.19 bits per heavy atom. The molecule has 0 fully saturated rings. The molecule has 0 saturated heterocycles. The second-order valence-electron chi connectivity index (χ2n) is 3.06. The van der Waals surface area contributed by atoms with Gasteiger partial charge in [0.15, 0.2) is 6.10 Å². The lowest BCUT2D eigenvalue weighted by molar-refractivity contribution is -0.385. The topological polar surface area (TPSA) is 95.5 Å². The van der Waals surface area contributed by atoms with Gasteiger partial charge in [0.2, 0.25) is 0 Å². The van der Waals surface area contributed by atoms with Crippen molar-refractivity contribution >= 4 is 27.5 Å². The molecule has 1 aromatic rings. The molecule has 2 N–H and O–H groups in total. The lowest BCUT2D eigenvalue weighted by Crippen LogP contribution is -2.30. The fourth-order valence-electron chi connectivity index (χ4n) is 0.984. The second-order valence-corrected chi connectivity index (χ2v) is 3.98. The first-order chi connectivity index (χ1) is 7.40. The normalized spacial score (nSPS) is 11.9. The fourth-order valence-corrected chi connectivity index (χ4v) is 1.44. The third kappa shape index (κ3) is 3.20. The lowest BCUT2D eigenvalue weighted by atomic mass is 10.3. The van der Waals surface area contributed by atoms with Gasteiger partial charge in [-0.1, -0.05) is 15.9 Å². The van der Waals surface area contributed by atoms with Crippen molar-refractivity contribution in [3.05, 3.63) is 32.8 Å². The number of amides is 1. The number of hydrogen-bond acceptors (Lipinski definition) is 4. The minimum absolute atomic E-state index is 0.124. The van der Waals surface area contributed by atoms with E-state index in [2.05, 4.69) is 15.9 Å². The summed E-state index contributed by atoms with van der Waals surface area (Å²) in [6, 6.07) is 4.08. The van der Waals surface area contributed by atoms with Gasteiger partial charge in [0.1, 0.15) is 5.75 Å². The predicted octanol–water partition coefficient (Wildman–Crippen LogP) is 1.61. The molecule has 0 aromatic heterocycles. The SMILES string of the molecule is CC(Oc1cc(Br)cc([N+](=O)[O-])c1)C(N)=O. The molecule has 6 nitrogen and oxygen atoms in total. The van der Waals surface area contributed by atoms with Gasteiger partial charge in [-0.05, 0) is 13.0 Å². The molecule has 0 aliphatic rings. The average molecular weight is 289 g/mol. The predicted molar refractivity (Wildman–Crippen MR) is 60.1 cm³/mol. The van der Waals surface area contributed by atoms with Crippen molar-refractivity contribution in [3.8, 4) is 5.75 Å². The van der Waals surface area contributed by atoms with Gasteiger partial charge in [-0.25, -0.2) is 0 Å². The molecule has 0 heterocycles. The molecule has 7 heteroatoms. The molecule has 0 aliphatic carbocycles. The molecule has 0 bridgehead atoms. The molecular weight excluding hydrogens is 280 g/mol. The van der Waals surface area contributed by atoms with Crippen molar-refractivity contribution in [1.82, 2.24) is 0 Å². The van der Waals surface area contributed by atoms with Crippen molar-refractivity contribution in [2.75, 3.05) is 0 Å². The Kier molecular flexibility index (Phi) is 3.83. The zero-order chi connectivity index (χ0) is 12.3. The molecule has 86 valence electrons. The first-order valence-corrected chi connectivity index (χ1v) is 5.10. The number of benzene rings is 1. The van der Waals surface area contributed by atoms with E-state index in [1.54, 1.807) is 0 Å². The standard InChI is InChI=1S/C9H9BrN2O4/c1-5(9(11)13)16-8-3-6(10)2-7(4-8)12(14)15/h2-5H,1H3,(H2,11,13). The maximum Gasteiger partial charge on any atom is 0.274 e. The van der Waals surface area contributed by atoms with Crippen LogP contribution in [0.3, 0.4) is 0 Å². The number of primary amides is 1. The summed E-state index contributed by atoms with van der Waals surface area (Å²) in [5.41, 5.74) is 4.89. The molecule has 0 aliphatic heterocycles. The van der Waals surface area contributed by atoms with Crippen LogP contribution >= 0.6 is 15.9 Å². The molecule has 0 spiro atoms. The summed E-state index contributed by atoms with van der Waals surface area (Å²) in [7, 11) is 0. The minimum Gasteiger partial charge on any atom is -0.481 e. The Morgan fingerprint density at radius 1 is 1.56 bits per heavy atom. The van der Waals surface area contributed by atoms with E-state index in [0.29, 0.717) is 4.47 Å². The smallest absolute Gasteiger partial charge is 0.274 e. The van der Waals surface area contributed by atoms with Gasteiger partial charge in [0.25, 0.3) is 11.6 Å².